The van der Waals surface area contributed by atoms with Crippen molar-refractivity contribution in [3.8, 4) is 0 Å². The van der Waals surface area contributed by atoms with Crippen LogP contribution in [0.4, 0.5) is 5.82 Å². The van der Waals surface area contributed by atoms with Gasteiger partial charge in [-0.3, -0.25) is 0 Å². The number of nitrogens with zero attached hydrogens (tertiary/aromatic N) is 3. The third kappa shape index (κ3) is 5.43. The van der Waals surface area contributed by atoms with E-state index in [9.17, 15) is 0 Å². The molecule has 0 aliphatic carbocycles. The first-order chi connectivity index (χ1) is 11.8. The zero-order chi connectivity index (χ0) is 16.8. The predicted molar refractivity (Wildman–Crippen MR) is 108 cm³/mol. The van der Waals surface area contributed by atoms with E-state index in [4.69, 9.17) is 0 Å². The van der Waals surface area contributed by atoms with Crippen LogP contribution in [0.3, 0.4) is 0 Å². The Morgan fingerprint density at radius 1 is 0.960 bits per heavy atom. The maximum atomic E-state index is 4.64. The van der Waals surface area contributed by atoms with Crippen LogP contribution in [0.5, 0.6) is 0 Å². The summed E-state index contributed by atoms with van der Waals surface area (Å²) in [6, 6.07) is 13.1. The molecule has 25 heavy (non-hydrogen) atoms. The van der Waals surface area contributed by atoms with E-state index in [0.717, 1.165) is 51.5 Å². The van der Waals surface area contributed by atoms with Crippen LogP contribution in [0.15, 0.2) is 42.6 Å². The number of likely N-dealkylation sites (N-methyl/N-ethyl adjacent to an activating group) is 1. The zero-order valence-corrected chi connectivity index (χ0v) is 16.1. The lowest BCUT2D eigenvalue weighted by molar-refractivity contribution is 0.311. The topological polar surface area (TPSA) is 31.4 Å². The van der Waals surface area contributed by atoms with Crippen LogP contribution in [-0.4, -0.2) is 43.1 Å². The summed E-state index contributed by atoms with van der Waals surface area (Å²) in [6.45, 7) is 8.25. The van der Waals surface area contributed by atoms with Gasteiger partial charge in [0.15, 0.2) is 0 Å². The maximum absolute atomic E-state index is 4.64. The summed E-state index contributed by atoms with van der Waals surface area (Å²) < 4.78 is 0. The lowest BCUT2D eigenvalue weighted by atomic mass is 10.1. The summed E-state index contributed by atoms with van der Waals surface area (Å²) in [6.07, 6.45) is 3.00. The first kappa shape index (κ1) is 19.7. The smallest absolute Gasteiger partial charge is 0.133 e. The Morgan fingerprint density at radius 2 is 1.64 bits per heavy atom. The Balaban J connectivity index is 0.00000225. The van der Waals surface area contributed by atoms with Gasteiger partial charge in [-0.1, -0.05) is 37.3 Å². The van der Waals surface area contributed by atoms with Crippen molar-refractivity contribution in [2.24, 2.45) is 0 Å². The number of benzene rings is 1. The molecular formula is C20H29ClN4. The predicted octanol–water partition coefficient (Wildman–Crippen LogP) is 3.11. The number of aromatic nitrogens is 1. The van der Waals surface area contributed by atoms with Crippen molar-refractivity contribution in [3.63, 3.8) is 0 Å². The first-order valence-corrected chi connectivity index (χ1v) is 8.92. The van der Waals surface area contributed by atoms with Crippen LogP contribution in [0.2, 0.25) is 0 Å². The number of anilines is 1. The van der Waals surface area contributed by atoms with Crippen LogP contribution in [-0.2, 0) is 19.5 Å². The first-order valence-electron chi connectivity index (χ1n) is 8.92. The zero-order valence-electron chi connectivity index (χ0n) is 15.2. The Morgan fingerprint density at radius 3 is 2.32 bits per heavy atom. The summed E-state index contributed by atoms with van der Waals surface area (Å²) in [7, 11) is 2.18. The molecule has 1 fully saturated rings. The molecule has 0 atom stereocenters. The fraction of sp³-hybridized carbons (Fsp3) is 0.450. The van der Waals surface area contributed by atoms with E-state index >= 15 is 0 Å². The van der Waals surface area contributed by atoms with Crippen LogP contribution < -0.4 is 10.2 Å². The molecule has 4 nitrogen and oxygen atoms in total. The molecule has 3 rings (SSSR count). The number of pyridine rings is 1. The van der Waals surface area contributed by atoms with Crippen molar-refractivity contribution >= 4 is 18.2 Å². The molecule has 1 aliphatic heterocycles. The number of piperazine rings is 1. The quantitative estimate of drug-likeness (QED) is 0.857. The van der Waals surface area contributed by atoms with Crippen molar-refractivity contribution in [3.05, 3.63) is 59.3 Å². The number of hydrogen-bond acceptors (Lipinski definition) is 4. The largest absolute Gasteiger partial charge is 0.354 e. The summed E-state index contributed by atoms with van der Waals surface area (Å²) in [5.41, 5.74) is 4.01. The fourth-order valence-corrected chi connectivity index (χ4v) is 3.11. The van der Waals surface area contributed by atoms with E-state index < -0.39 is 0 Å². The number of nitrogens with one attached hydrogen (secondary N) is 1. The average Bonchev–Trinajstić information content (AvgIpc) is 2.63. The molecule has 0 bridgehead atoms. The summed E-state index contributed by atoms with van der Waals surface area (Å²) >= 11 is 0. The summed E-state index contributed by atoms with van der Waals surface area (Å²) in [4.78, 5) is 9.43. The van der Waals surface area contributed by atoms with Gasteiger partial charge in [-0.2, -0.15) is 0 Å². The van der Waals surface area contributed by atoms with Gasteiger partial charge in [-0.05, 0) is 30.7 Å². The lowest BCUT2D eigenvalue weighted by Gasteiger charge is -2.34. The molecule has 1 aromatic heterocycles. The molecular weight excluding hydrogens is 332 g/mol. The fourth-order valence-electron chi connectivity index (χ4n) is 3.11. The maximum Gasteiger partial charge on any atom is 0.133 e. The second kappa shape index (κ2) is 9.76. The second-order valence-electron chi connectivity index (χ2n) is 6.55. The molecule has 1 aliphatic rings. The number of halogens is 1. The van der Waals surface area contributed by atoms with E-state index in [1.807, 2.05) is 12.3 Å². The minimum atomic E-state index is 0. The van der Waals surface area contributed by atoms with Gasteiger partial charge >= 0.3 is 0 Å². The van der Waals surface area contributed by atoms with Gasteiger partial charge in [0.1, 0.15) is 5.82 Å². The van der Waals surface area contributed by atoms with Gasteiger partial charge < -0.3 is 15.1 Å². The number of hydrogen-bond donors (Lipinski definition) is 1. The highest BCUT2D eigenvalue weighted by Crippen LogP contribution is 2.18. The molecule has 0 saturated carbocycles. The molecule has 0 unspecified atom stereocenters. The summed E-state index contributed by atoms with van der Waals surface area (Å²) in [5.74, 6) is 1.14. The minimum Gasteiger partial charge on any atom is -0.354 e. The molecule has 2 heterocycles. The molecule has 0 spiro atoms. The second-order valence-corrected chi connectivity index (χ2v) is 6.55. The molecule has 2 aromatic rings. The average molecular weight is 361 g/mol. The normalized spacial score (nSPS) is 15.0. The lowest BCUT2D eigenvalue weighted by Crippen LogP contribution is -2.45. The highest BCUT2D eigenvalue weighted by atomic mass is 35.5. The van der Waals surface area contributed by atoms with E-state index in [1.54, 1.807) is 0 Å². The van der Waals surface area contributed by atoms with Crippen LogP contribution >= 0.6 is 12.4 Å². The standard InChI is InChI=1S/C20H28N4.ClH/c1-3-17-6-8-18(9-7-17)15-21-16-19-5-4-10-22-20(19)24-13-11-23(2)12-14-24;/h4-10,21H,3,11-16H2,1-2H3;1H. The van der Waals surface area contributed by atoms with Crippen molar-refractivity contribution in [2.45, 2.75) is 26.4 Å². The molecule has 0 radical (unpaired) electrons. The van der Waals surface area contributed by atoms with Gasteiger partial charge in [-0.25, -0.2) is 4.98 Å². The van der Waals surface area contributed by atoms with Crippen molar-refractivity contribution < 1.29 is 0 Å². The Kier molecular flexibility index (Phi) is 7.69. The van der Waals surface area contributed by atoms with E-state index in [-0.39, 0.29) is 12.4 Å². The van der Waals surface area contributed by atoms with E-state index in [2.05, 4.69) is 64.4 Å². The highest BCUT2D eigenvalue weighted by Gasteiger charge is 2.17. The van der Waals surface area contributed by atoms with Gasteiger partial charge in [0.25, 0.3) is 0 Å². The molecule has 1 aromatic carbocycles. The SMILES string of the molecule is CCc1ccc(CNCc2cccnc2N2CCN(C)CC2)cc1.Cl. The van der Waals surface area contributed by atoms with E-state index in [1.165, 1.54) is 16.7 Å². The van der Waals surface area contributed by atoms with Crippen LogP contribution in [0, 0.1) is 0 Å². The van der Waals surface area contributed by atoms with Gasteiger partial charge in [0.05, 0.1) is 0 Å². The third-order valence-electron chi connectivity index (χ3n) is 4.75. The molecule has 1 saturated heterocycles. The Labute approximate surface area is 157 Å². The van der Waals surface area contributed by atoms with Crippen LogP contribution in [0.1, 0.15) is 23.6 Å². The molecule has 1 N–H and O–H groups in total. The third-order valence-corrected chi connectivity index (χ3v) is 4.75. The number of rotatable bonds is 6. The molecule has 136 valence electrons. The van der Waals surface area contributed by atoms with Gasteiger partial charge in [0, 0.05) is 51.0 Å². The molecule has 0 amide bonds. The summed E-state index contributed by atoms with van der Waals surface area (Å²) in [5, 5.41) is 3.57. The minimum absolute atomic E-state index is 0. The Bertz CT molecular complexity index is 636. The van der Waals surface area contributed by atoms with Gasteiger partial charge in [-0.15, -0.1) is 12.4 Å². The van der Waals surface area contributed by atoms with Crippen molar-refractivity contribution in [1.29, 1.82) is 0 Å². The highest BCUT2D eigenvalue weighted by molar-refractivity contribution is 5.85. The van der Waals surface area contributed by atoms with Gasteiger partial charge in [0.2, 0.25) is 0 Å². The van der Waals surface area contributed by atoms with Crippen molar-refractivity contribution in [1.82, 2.24) is 15.2 Å². The van der Waals surface area contributed by atoms with Crippen molar-refractivity contribution in [2.75, 3.05) is 38.1 Å². The monoisotopic (exact) mass is 360 g/mol. The van der Waals surface area contributed by atoms with E-state index in [0.29, 0.717) is 0 Å². The molecule has 5 heteroatoms. The van der Waals surface area contributed by atoms with Crippen LogP contribution in [0.25, 0.3) is 0 Å². The Hall–Kier alpha value is -1.62. The number of aryl methyl sites for hydroxylation is 1.